The standard InChI is InChI=1S/C15H12F2N6O/c16-10-5-4-8(6-11(10)17)23-12-3-1-2-9(12)13(22-23)14(24)20-15-18-7-19-21-15/h4-7H,1-3H2,(H2,18,19,20,21,24). The van der Waals surface area contributed by atoms with Crippen LogP contribution in [0.4, 0.5) is 14.7 Å². The molecule has 0 unspecified atom stereocenters. The molecule has 2 aromatic heterocycles. The third kappa shape index (κ3) is 2.34. The summed E-state index contributed by atoms with van der Waals surface area (Å²) >= 11 is 0. The van der Waals surface area contributed by atoms with Gasteiger partial charge in [0.05, 0.1) is 5.69 Å². The molecule has 122 valence electrons. The maximum Gasteiger partial charge on any atom is 0.278 e. The van der Waals surface area contributed by atoms with E-state index in [1.54, 1.807) is 0 Å². The van der Waals surface area contributed by atoms with Gasteiger partial charge in [0.25, 0.3) is 5.91 Å². The summed E-state index contributed by atoms with van der Waals surface area (Å²) in [4.78, 5) is 16.3. The molecule has 0 atom stereocenters. The predicted molar refractivity (Wildman–Crippen MR) is 79.8 cm³/mol. The average molecular weight is 330 g/mol. The second-order valence-corrected chi connectivity index (χ2v) is 5.43. The van der Waals surface area contributed by atoms with Gasteiger partial charge >= 0.3 is 0 Å². The molecular formula is C15H12F2N6O. The van der Waals surface area contributed by atoms with E-state index < -0.39 is 17.5 Å². The first-order valence-corrected chi connectivity index (χ1v) is 7.36. The van der Waals surface area contributed by atoms with Crippen molar-refractivity contribution in [1.29, 1.82) is 0 Å². The lowest BCUT2D eigenvalue weighted by molar-refractivity contribution is 0.102. The van der Waals surface area contributed by atoms with Gasteiger partial charge in [0, 0.05) is 17.3 Å². The number of halogens is 2. The fraction of sp³-hybridized carbons (Fsp3) is 0.200. The van der Waals surface area contributed by atoms with Gasteiger partial charge in [0.1, 0.15) is 6.33 Å². The molecule has 7 nitrogen and oxygen atoms in total. The summed E-state index contributed by atoms with van der Waals surface area (Å²) in [5, 5.41) is 13.1. The summed E-state index contributed by atoms with van der Waals surface area (Å²) in [6.07, 6.45) is 3.58. The lowest BCUT2D eigenvalue weighted by Gasteiger charge is -2.06. The molecule has 0 saturated carbocycles. The minimum absolute atomic E-state index is 0.217. The molecule has 0 fully saturated rings. The molecule has 4 rings (SSSR count). The summed E-state index contributed by atoms with van der Waals surface area (Å²) in [5.74, 6) is -2.09. The molecule has 1 aliphatic carbocycles. The van der Waals surface area contributed by atoms with Crippen molar-refractivity contribution < 1.29 is 13.6 Å². The Labute approximate surface area is 134 Å². The number of hydrogen-bond donors (Lipinski definition) is 2. The van der Waals surface area contributed by atoms with E-state index in [9.17, 15) is 13.6 Å². The van der Waals surface area contributed by atoms with Crippen LogP contribution in [0.5, 0.6) is 0 Å². The van der Waals surface area contributed by atoms with Gasteiger partial charge in [-0.05, 0) is 31.4 Å². The molecule has 2 heterocycles. The smallest absolute Gasteiger partial charge is 0.278 e. The Morgan fingerprint density at radius 1 is 1.25 bits per heavy atom. The fourth-order valence-corrected chi connectivity index (χ4v) is 2.88. The van der Waals surface area contributed by atoms with Crippen molar-refractivity contribution in [3.8, 4) is 5.69 Å². The van der Waals surface area contributed by atoms with Crippen LogP contribution in [0.3, 0.4) is 0 Å². The van der Waals surface area contributed by atoms with E-state index in [4.69, 9.17) is 0 Å². The number of benzene rings is 1. The zero-order valence-electron chi connectivity index (χ0n) is 12.4. The SMILES string of the molecule is O=C(Nc1ncn[nH]1)c1nn(-c2ccc(F)c(F)c2)c2c1CCC2. The van der Waals surface area contributed by atoms with E-state index in [0.717, 1.165) is 36.2 Å². The molecule has 1 amide bonds. The Balaban J connectivity index is 1.74. The topological polar surface area (TPSA) is 88.5 Å². The molecule has 0 saturated heterocycles. The summed E-state index contributed by atoms with van der Waals surface area (Å²) < 4.78 is 28.2. The van der Waals surface area contributed by atoms with Gasteiger partial charge < -0.3 is 0 Å². The average Bonchev–Trinajstić information content (AvgIpc) is 3.26. The second kappa shape index (κ2) is 5.52. The number of hydrogen-bond acceptors (Lipinski definition) is 4. The molecule has 0 radical (unpaired) electrons. The molecule has 3 aromatic rings. The molecule has 1 aromatic carbocycles. The number of rotatable bonds is 3. The minimum Gasteiger partial charge on any atom is -0.289 e. The van der Waals surface area contributed by atoms with Crippen molar-refractivity contribution in [2.45, 2.75) is 19.3 Å². The number of fused-ring (bicyclic) bond motifs is 1. The predicted octanol–water partition coefficient (Wildman–Crippen LogP) is 2.01. The Bertz CT molecular complexity index is 918. The van der Waals surface area contributed by atoms with Gasteiger partial charge in [0.2, 0.25) is 5.95 Å². The van der Waals surface area contributed by atoms with Crippen LogP contribution in [0.2, 0.25) is 0 Å². The molecule has 2 N–H and O–H groups in total. The first-order chi connectivity index (χ1) is 11.6. The number of anilines is 1. The van der Waals surface area contributed by atoms with Crippen molar-refractivity contribution in [3.05, 3.63) is 53.1 Å². The number of nitrogens with zero attached hydrogens (tertiary/aromatic N) is 4. The van der Waals surface area contributed by atoms with Crippen LogP contribution >= 0.6 is 0 Å². The number of nitrogens with one attached hydrogen (secondary N) is 2. The van der Waals surface area contributed by atoms with Gasteiger partial charge in [-0.2, -0.15) is 15.2 Å². The van der Waals surface area contributed by atoms with Gasteiger partial charge in [-0.1, -0.05) is 0 Å². The Kier molecular flexibility index (Phi) is 3.33. The number of H-pyrrole nitrogens is 1. The number of carbonyl (C=O) groups excluding carboxylic acids is 1. The summed E-state index contributed by atoms with van der Waals surface area (Å²) in [6.45, 7) is 0. The van der Waals surface area contributed by atoms with Crippen LogP contribution < -0.4 is 5.32 Å². The Morgan fingerprint density at radius 2 is 2.12 bits per heavy atom. The van der Waals surface area contributed by atoms with E-state index in [0.29, 0.717) is 12.1 Å². The molecule has 0 aliphatic heterocycles. The lowest BCUT2D eigenvalue weighted by Crippen LogP contribution is -2.16. The minimum atomic E-state index is -0.956. The zero-order valence-corrected chi connectivity index (χ0v) is 12.4. The van der Waals surface area contributed by atoms with Gasteiger partial charge in [-0.25, -0.2) is 18.6 Å². The molecule has 1 aliphatic rings. The molecule has 0 spiro atoms. The summed E-state index contributed by atoms with van der Waals surface area (Å²) in [6, 6.07) is 3.54. The van der Waals surface area contributed by atoms with Gasteiger partial charge in [-0.15, -0.1) is 0 Å². The first kappa shape index (κ1) is 14.5. The highest BCUT2D eigenvalue weighted by Crippen LogP contribution is 2.28. The maximum absolute atomic E-state index is 13.5. The van der Waals surface area contributed by atoms with Gasteiger partial charge in [-0.3, -0.25) is 10.1 Å². The van der Waals surface area contributed by atoms with E-state index in [1.165, 1.54) is 17.1 Å². The molecular weight excluding hydrogens is 318 g/mol. The van der Waals surface area contributed by atoms with Crippen molar-refractivity contribution in [2.75, 3.05) is 5.32 Å². The van der Waals surface area contributed by atoms with E-state index >= 15 is 0 Å². The van der Waals surface area contributed by atoms with Crippen molar-refractivity contribution >= 4 is 11.9 Å². The monoisotopic (exact) mass is 330 g/mol. The number of aromatic amines is 1. The number of amides is 1. The zero-order chi connectivity index (χ0) is 16.7. The fourth-order valence-electron chi connectivity index (χ4n) is 2.88. The van der Waals surface area contributed by atoms with Crippen LogP contribution in [0.25, 0.3) is 5.69 Å². The summed E-state index contributed by atoms with van der Waals surface area (Å²) in [7, 11) is 0. The Hall–Kier alpha value is -3.10. The van der Waals surface area contributed by atoms with E-state index in [2.05, 4.69) is 25.6 Å². The highest BCUT2D eigenvalue weighted by atomic mass is 19.2. The Morgan fingerprint density at radius 3 is 2.88 bits per heavy atom. The number of aromatic nitrogens is 5. The highest BCUT2D eigenvalue weighted by molar-refractivity contribution is 6.03. The quantitative estimate of drug-likeness (QED) is 0.769. The van der Waals surface area contributed by atoms with Crippen molar-refractivity contribution in [2.24, 2.45) is 0 Å². The van der Waals surface area contributed by atoms with Gasteiger partial charge in [0.15, 0.2) is 17.3 Å². The summed E-state index contributed by atoms with van der Waals surface area (Å²) in [5.41, 5.74) is 2.29. The highest BCUT2D eigenvalue weighted by Gasteiger charge is 2.27. The van der Waals surface area contributed by atoms with Crippen LogP contribution in [-0.2, 0) is 12.8 Å². The first-order valence-electron chi connectivity index (χ1n) is 7.36. The lowest BCUT2D eigenvalue weighted by atomic mass is 10.2. The van der Waals surface area contributed by atoms with Crippen molar-refractivity contribution in [3.63, 3.8) is 0 Å². The second-order valence-electron chi connectivity index (χ2n) is 5.43. The normalized spacial score (nSPS) is 13.1. The van der Waals surface area contributed by atoms with Crippen LogP contribution in [0.1, 0.15) is 28.2 Å². The third-order valence-electron chi connectivity index (χ3n) is 3.94. The van der Waals surface area contributed by atoms with Crippen molar-refractivity contribution in [1.82, 2.24) is 25.0 Å². The van der Waals surface area contributed by atoms with E-state index in [1.807, 2.05) is 0 Å². The molecule has 24 heavy (non-hydrogen) atoms. The van der Waals surface area contributed by atoms with E-state index in [-0.39, 0.29) is 11.6 Å². The van der Waals surface area contributed by atoms with Crippen LogP contribution in [0.15, 0.2) is 24.5 Å². The van der Waals surface area contributed by atoms with Crippen LogP contribution in [-0.4, -0.2) is 30.9 Å². The molecule has 0 bridgehead atoms. The maximum atomic E-state index is 13.5. The number of carbonyl (C=O) groups is 1. The third-order valence-corrected chi connectivity index (χ3v) is 3.94. The largest absolute Gasteiger partial charge is 0.289 e. The van der Waals surface area contributed by atoms with Crippen LogP contribution in [0, 0.1) is 11.6 Å². The molecule has 9 heteroatoms.